The molecule has 0 unspecified atom stereocenters. The number of ether oxygens (including phenoxy) is 1. The van der Waals surface area contributed by atoms with Crippen LogP contribution in [0.15, 0.2) is 0 Å². The van der Waals surface area contributed by atoms with Crippen molar-refractivity contribution >= 4 is 0 Å². The van der Waals surface area contributed by atoms with Crippen LogP contribution in [0.25, 0.3) is 0 Å². The quantitative estimate of drug-likeness (QED) is 0.377. The third-order valence-electron chi connectivity index (χ3n) is 11.0. The molecule has 0 bridgehead atoms. The van der Waals surface area contributed by atoms with Gasteiger partial charge in [0.1, 0.15) is 0 Å². The van der Waals surface area contributed by atoms with Crippen LogP contribution >= 0.6 is 0 Å². The van der Waals surface area contributed by atoms with Gasteiger partial charge in [-0.25, -0.2) is 0 Å². The molecule has 0 aliphatic heterocycles. The average Bonchev–Trinajstić information content (AvgIpc) is 3.05. The van der Waals surface area contributed by atoms with Gasteiger partial charge in [-0.15, -0.1) is 0 Å². The van der Waals surface area contributed by atoms with Crippen molar-refractivity contribution in [1.29, 1.82) is 0 Å². The van der Waals surface area contributed by atoms with Crippen LogP contribution in [-0.4, -0.2) is 34.1 Å². The average molecular weight is 479 g/mol. The zero-order valence-electron chi connectivity index (χ0n) is 24.1. The van der Waals surface area contributed by atoms with Crippen LogP contribution in [0.2, 0.25) is 0 Å². The fourth-order valence-electron chi connectivity index (χ4n) is 9.05. The van der Waals surface area contributed by atoms with E-state index in [9.17, 15) is 10.2 Å². The summed E-state index contributed by atoms with van der Waals surface area (Å²) < 4.78 is 6.31. The van der Waals surface area contributed by atoms with Gasteiger partial charge in [-0.05, 0) is 113 Å². The van der Waals surface area contributed by atoms with Gasteiger partial charge >= 0.3 is 0 Å². The third-order valence-corrected chi connectivity index (χ3v) is 11.0. The minimum absolute atomic E-state index is 0.118. The van der Waals surface area contributed by atoms with Gasteiger partial charge in [-0.3, -0.25) is 0 Å². The molecule has 34 heavy (non-hydrogen) atoms. The number of hydrogen-bond donors (Lipinski definition) is 2. The van der Waals surface area contributed by atoms with Crippen LogP contribution in [0.5, 0.6) is 0 Å². The SMILES string of the molecule is CC(C)CCC[C@H](C)[C@@H]1CC[C@@H]2[C@H](CO)[C@H]([C@@]3(C)CC[C@@H](OC(C)(C)C)C[C@]3(C)O)CC[C@@]21C. The van der Waals surface area contributed by atoms with E-state index in [0.717, 1.165) is 37.0 Å². The standard InChI is InChI=1S/C31H58O3/c1-21(2)11-10-12-22(3)25-13-14-26-24(20-32)27(16-17-29(25,26)7)30(8)18-15-23(19-31(30,9)33)34-28(4,5)6/h21-27,32-33H,10-20H2,1-9H3/t22-,23+,24-,25-,26+,27+,29+,30+,31-/m0/s1. The van der Waals surface area contributed by atoms with E-state index in [4.69, 9.17) is 4.74 Å². The number of rotatable bonds is 8. The number of hydrogen-bond acceptors (Lipinski definition) is 3. The Morgan fingerprint density at radius 2 is 1.59 bits per heavy atom. The predicted molar refractivity (Wildman–Crippen MR) is 143 cm³/mol. The van der Waals surface area contributed by atoms with E-state index >= 15 is 0 Å². The van der Waals surface area contributed by atoms with Crippen LogP contribution in [0.3, 0.4) is 0 Å². The van der Waals surface area contributed by atoms with Crippen molar-refractivity contribution in [2.24, 2.45) is 46.3 Å². The van der Waals surface area contributed by atoms with E-state index in [2.05, 4.69) is 62.3 Å². The van der Waals surface area contributed by atoms with Crippen molar-refractivity contribution in [2.75, 3.05) is 6.61 Å². The number of fused-ring (bicyclic) bond motifs is 1. The monoisotopic (exact) mass is 478 g/mol. The third kappa shape index (κ3) is 5.57. The van der Waals surface area contributed by atoms with Crippen molar-refractivity contribution in [2.45, 2.75) is 144 Å². The zero-order valence-corrected chi connectivity index (χ0v) is 24.1. The molecule has 0 spiro atoms. The van der Waals surface area contributed by atoms with E-state index in [-0.39, 0.29) is 23.7 Å². The molecule has 3 aliphatic carbocycles. The largest absolute Gasteiger partial charge is 0.396 e. The molecule has 3 rings (SSSR count). The highest BCUT2D eigenvalue weighted by atomic mass is 16.5. The van der Waals surface area contributed by atoms with Crippen LogP contribution in [0.1, 0.15) is 127 Å². The van der Waals surface area contributed by atoms with Crippen molar-refractivity contribution in [1.82, 2.24) is 0 Å². The molecule has 3 aliphatic rings. The second kappa shape index (κ2) is 10.3. The second-order valence-electron chi connectivity index (χ2n) is 14.9. The molecule has 200 valence electrons. The van der Waals surface area contributed by atoms with E-state index < -0.39 is 5.60 Å². The summed E-state index contributed by atoms with van der Waals surface area (Å²) in [5.74, 6) is 3.63. The molecular formula is C31H58O3. The van der Waals surface area contributed by atoms with Crippen molar-refractivity contribution in [3.05, 3.63) is 0 Å². The van der Waals surface area contributed by atoms with Gasteiger partial charge < -0.3 is 14.9 Å². The molecule has 0 aromatic rings. The molecule has 0 saturated heterocycles. The molecule has 3 saturated carbocycles. The topological polar surface area (TPSA) is 49.7 Å². The molecule has 0 aromatic heterocycles. The summed E-state index contributed by atoms with van der Waals surface area (Å²) in [6.45, 7) is 20.7. The smallest absolute Gasteiger partial charge is 0.0700 e. The van der Waals surface area contributed by atoms with Crippen LogP contribution < -0.4 is 0 Å². The molecule has 3 fully saturated rings. The van der Waals surface area contributed by atoms with Crippen molar-refractivity contribution in [3.8, 4) is 0 Å². The first kappa shape index (κ1) is 28.5. The maximum atomic E-state index is 11.9. The van der Waals surface area contributed by atoms with Crippen LogP contribution in [0, 0.1) is 46.3 Å². The predicted octanol–water partition coefficient (Wildman–Crippen LogP) is 7.62. The van der Waals surface area contributed by atoms with E-state index in [1.54, 1.807) is 0 Å². The summed E-state index contributed by atoms with van der Waals surface area (Å²) in [4.78, 5) is 0. The van der Waals surface area contributed by atoms with E-state index in [1.807, 2.05) is 0 Å². The first-order valence-electron chi connectivity index (χ1n) is 14.7. The van der Waals surface area contributed by atoms with Gasteiger partial charge in [-0.1, -0.05) is 53.9 Å². The molecule has 0 heterocycles. The van der Waals surface area contributed by atoms with Gasteiger partial charge in [-0.2, -0.15) is 0 Å². The Labute approximate surface area is 211 Å². The molecular weight excluding hydrogens is 420 g/mol. The Kier molecular flexibility index (Phi) is 8.64. The lowest BCUT2D eigenvalue weighted by Gasteiger charge is -2.60. The fourth-order valence-corrected chi connectivity index (χ4v) is 9.05. The maximum absolute atomic E-state index is 11.9. The molecule has 0 aromatic carbocycles. The molecule has 0 radical (unpaired) electrons. The van der Waals surface area contributed by atoms with Gasteiger partial charge in [0.25, 0.3) is 0 Å². The highest BCUT2D eigenvalue weighted by Gasteiger charge is 2.61. The first-order chi connectivity index (χ1) is 15.6. The minimum Gasteiger partial charge on any atom is -0.396 e. The Balaban J connectivity index is 1.75. The Bertz CT molecular complexity index is 664. The summed E-state index contributed by atoms with van der Waals surface area (Å²) >= 11 is 0. The highest BCUT2D eigenvalue weighted by molar-refractivity contribution is 5.10. The van der Waals surface area contributed by atoms with Crippen LogP contribution in [0.4, 0.5) is 0 Å². The Morgan fingerprint density at radius 1 is 0.912 bits per heavy atom. The van der Waals surface area contributed by atoms with Crippen molar-refractivity contribution in [3.63, 3.8) is 0 Å². The van der Waals surface area contributed by atoms with Gasteiger partial charge in [0, 0.05) is 13.0 Å². The normalized spacial score (nSPS) is 44.3. The fraction of sp³-hybridized carbons (Fsp3) is 1.00. The number of aliphatic hydroxyl groups excluding tert-OH is 1. The lowest BCUT2D eigenvalue weighted by atomic mass is 9.47. The van der Waals surface area contributed by atoms with Crippen LogP contribution in [-0.2, 0) is 4.74 Å². The zero-order chi connectivity index (χ0) is 25.5. The molecule has 3 heteroatoms. The van der Waals surface area contributed by atoms with Gasteiger partial charge in [0.15, 0.2) is 0 Å². The number of aliphatic hydroxyl groups is 2. The van der Waals surface area contributed by atoms with E-state index in [0.29, 0.717) is 29.6 Å². The molecule has 2 N–H and O–H groups in total. The van der Waals surface area contributed by atoms with E-state index in [1.165, 1.54) is 38.5 Å². The van der Waals surface area contributed by atoms with Crippen molar-refractivity contribution < 1.29 is 14.9 Å². The lowest BCUT2D eigenvalue weighted by Crippen LogP contribution is -2.59. The Hall–Kier alpha value is -0.120. The first-order valence-corrected chi connectivity index (χ1v) is 14.7. The second-order valence-corrected chi connectivity index (χ2v) is 14.9. The molecule has 3 nitrogen and oxygen atoms in total. The summed E-state index contributed by atoms with van der Waals surface area (Å²) in [6.07, 6.45) is 11.8. The summed E-state index contributed by atoms with van der Waals surface area (Å²) in [5.41, 5.74) is -0.773. The van der Waals surface area contributed by atoms with Gasteiger partial charge in [0.2, 0.25) is 0 Å². The highest BCUT2D eigenvalue weighted by Crippen LogP contribution is 2.65. The summed E-state index contributed by atoms with van der Waals surface area (Å²) in [7, 11) is 0. The Morgan fingerprint density at radius 3 is 2.15 bits per heavy atom. The lowest BCUT2D eigenvalue weighted by molar-refractivity contribution is -0.203. The summed E-state index contributed by atoms with van der Waals surface area (Å²) in [6, 6.07) is 0. The molecule has 0 amide bonds. The minimum atomic E-state index is -0.769. The summed E-state index contributed by atoms with van der Waals surface area (Å²) in [5, 5.41) is 22.6. The maximum Gasteiger partial charge on any atom is 0.0700 e. The molecule has 9 atom stereocenters. The van der Waals surface area contributed by atoms with Gasteiger partial charge in [0.05, 0.1) is 17.3 Å².